The Kier molecular flexibility index (Phi) is 6.34. The fraction of sp³-hybridized carbons (Fsp3) is 0.208. The van der Waals surface area contributed by atoms with Crippen LogP contribution in [0, 0.1) is 0 Å². The van der Waals surface area contributed by atoms with Crippen molar-refractivity contribution >= 4 is 35.1 Å². The summed E-state index contributed by atoms with van der Waals surface area (Å²) in [6.07, 6.45) is 3.83. The van der Waals surface area contributed by atoms with E-state index in [1.165, 1.54) is 18.4 Å². The van der Waals surface area contributed by atoms with Gasteiger partial charge in [-0.2, -0.15) is 0 Å². The number of fused-ring (bicyclic) bond motifs is 1. The van der Waals surface area contributed by atoms with Crippen molar-refractivity contribution in [1.82, 2.24) is 4.57 Å². The van der Waals surface area contributed by atoms with Gasteiger partial charge in [0.1, 0.15) is 5.75 Å². The van der Waals surface area contributed by atoms with Gasteiger partial charge in [0.2, 0.25) is 0 Å². The third-order valence-electron chi connectivity index (χ3n) is 5.27. The summed E-state index contributed by atoms with van der Waals surface area (Å²) in [7, 11) is 2.95. The van der Waals surface area contributed by atoms with Crippen molar-refractivity contribution in [2.24, 2.45) is 4.99 Å². The summed E-state index contributed by atoms with van der Waals surface area (Å²) in [5.74, 6) is 0.255. The van der Waals surface area contributed by atoms with E-state index in [9.17, 15) is 9.59 Å². The van der Waals surface area contributed by atoms with Crippen LogP contribution in [-0.4, -0.2) is 31.0 Å². The molecular weight excluding hydrogens is 444 g/mol. The molecule has 1 aromatic heterocycles. The Bertz CT molecular complexity index is 1370. The second-order valence-corrected chi connectivity index (χ2v) is 9.01. The van der Waals surface area contributed by atoms with Crippen LogP contribution in [0.1, 0.15) is 24.1 Å². The van der Waals surface area contributed by atoms with Gasteiger partial charge >= 0.3 is 5.97 Å². The van der Waals surface area contributed by atoms with Crippen LogP contribution in [0.5, 0.6) is 5.75 Å². The van der Waals surface area contributed by atoms with E-state index in [0.717, 1.165) is 21.8 Å². The molecular formula is C24H22N2O4S2. The van der Waals surface area contributed by atoms with E-state index in [0.29, 0.717) is 20.6 Å². The van der Waals surface area contributed by atoms with Gasteiger partial charge in [-0.3, -0.25) is 9.36 Å². The predicted molar refractivity (Wildman–Crippen MR) is 127 cm³/mol. The summed E-state index contributed by atoms with van der Waals surface area (Å²) in [6.45, 7) is 1.77. The molecule has 0 saturated carbocycles. The standard InChI is InChI=1S/C24H22N2O4S2/c1-14-20(23(28)30-3)21(16-7-11-18(31-4)12-8-16)26-22(27)19(32-24(26)25-14)13-15-5-9-17(29-2)10-6-15/h5-13,21H,1-4H3. The highest BCUT2D eigenvalue weighted by Gasteiger charge is 2.33. The second kappa shape index (κ2) is 9.18. The molecule has 6 nitrogen and oxygen atoms in total. The summed E-state index contributed by atoms with van der Waals surface area (Å²) in [5.41, 5.74) is 2.42. The molecule has 0 N–H and O–H groups in total. The average Bonchev–Trinajstić information content (AvgIpc) is 3.12. The molecule has 164 valence electrons. The number of benzene rings is 2. The van der Waals surface area contributed by atoms with Crippen molar-refractivity contribution < 1.29 is 14.3 Å². The third-order valence-corrected chi connectivity index (χ3v) is 7.00. The number of ether oxygens (including phenoxy) is 2. The van der Waals surface area contributed by atoms with E-state index >= 15 is 0 Å². The van der Waals surface area contributed by atoms with Crippen LogP contribution in [0.3, 0.4) is 0 Å². The molecule has 0 bridgehead atoms. The highest BCUT2D eigenvalue weighted by molar-refractivity contribution is 7.98. The SMILES string of the molecule is COC(=O)C1=C(C)N=c2sc(=Cc3ccc(OC)cc3)c(=O)n2C1c1ccc(SC)cc1. The second-order valence-electron chi connectivity index (χ2n) is 7.12. The van der Waals surface area contributed by atoms with Crippen LogP contribution in [0.4, 0.5) is 0 Å². The van der Waals surface area contributed by atoms with Crippen molar-refractivity contribution in [2.45, 2.75) is 17.9 Å². The van der Waals surface area contributed by atoms with Gasteiger partial charge in [0.15, 0.2) is 4.80 Å². The number of carbonyl (C=O) groups is 1. The van der Waals surface area contributed by atoms with Crippen molar-refractivity contribution in [3.8, 4) is 5.75 Å². The first-order chi connectivity index (χ1) is 15.5. The van der Waals surface area contributed by atoms with Crippen LogP contribution >= 0.6 is 23.1 Å². The molecule has 1 aliphatic rings. The molecule has 0 saturated heterocycles. The van der Waals surface area contributed by atoms with E-state index < -0.39 is 12.0 Å². The Hall–Kier alpha value is -3.10. The van der Waals surface area contributed by atoms with Crippen molar-refractivity contribution in [2.75, 3.05) is 20.5 Å². The van der Waals surface area contributed by atoms with Crippen LogP contribution in [-0.2, 0) is 9.53 Å². The van der Waals surface area contributed by atoms with Gasteiger partial charge in [-0.1, -0.05) is 35.6 Å². The summed E-state index contributed by atoms with van der Waals surface area (Å²) in [4.78, 5) is 32.4. The van der Waals surface area contributed by atoms with Crippen LogP contribution < -0.4 is 19.6 Å². The number of allylic oxidation sites excluding steroid dienone is 1. The minimum atomic E-state index is -0.604. The van der Waals surface area contributed by atoms with Crippen LogP contribution in [0.2, 0.25) is 0 Å². The molecule has 0 radical (unpaired) electrons. The van der Waals surface area contributed by atoms with Crippen molar-refractivity contribution in [1.29, 1.82) is 0 Å². The van der Waals surface area contributed by atoms with Crippen molar-refractivity contribution in [3.63, 3.8) is 0 Å². The minimum Gasteiger partial charge on any atom is -0.497 e. The quantitative estimate of drug-likeness (QED) is 0.427. The zero-order chi connectivity index (χ0) is 22.8. The first-order valence-electron chi connectivity index (χ1n) is 9.85. The first kappa shape index (κ1) is 22.1. The molecule has 0 spiro atoms. The molecule has 0 fully saturated rings. The van der Waals surface area contributed by atoms with E-state index in [1.54, 1.807) is 30.4 Å². The van der Waals surface area contributed by atoms with Crippen LogP contribution in [0.25, 0.3) is 6.08 Å². The Morgan fingerprint density at radius 2 is 1.81 bits per heavy atom. The van der Waals surface area contributed by atoms with Gasteiger partial charge in [0, 0.05) is 4.90 Å². The minimum absolute atomic E-state index is 0.197. The van der Waals surface area contributed by atoms with Crippen LogP contribution in [0.15, 0.2) is 74.5 Å². The molecule has 1 aliphatic heterocycles. The molecule has 0 aliphatic carbocycles. The van der Waals surface area contributed by atoms with E-state index in [-0.39, 0.29) is 5.56 Å². The maximum atomic E-state index is 13.5. The van der Waals surface area contributed by atoms with Gasteiger partial charge in [0.05, 0.1) is 36.1 Å². The normalized spacial score (nSPS) is 15.9. The summed E-state index contributed by atoms with van der Waals surface area (Å²) < 4.78 is 12.4. The number of hydrogen-bond donors (Lipinski definition) is 0. The zero-order valence-corrected chi connectivity index (χ0v) is 19.8. The van der Waals surface area contributed by atoms with Gasteiger partial charge in [0.25, 0.3) is 5.56 Å². The lowest BCUT2D eigenvalue weighted by atomic mass is 9.96. The molecule has 2 aromatic carbocycles. The van der Waals surface area contributed by atoms with Gasteiger partial charge < -0.3 is 9.47 Å². The number of thioether (sulfide) groups is 1. The lowest BCUT2D eigenvalue weighted by Crippen LogP contribution is -2.39. The maximum absolute atomic E-state index is 13.5. The molecule has 3 aromatic rings. The summed E-state index contributed by atoms with van der Waals surface area (Å²) in [6, 6.07) is 14.7. The van der Waals surface area contributed by atoms with E-state index in [2.05, 4.69) is 4.99 Å². The number of methoxy groups -OCH3 is 2. The lowest BCUT2D eigenvalue weighted by Gasteiger charge is -2.24. The molecule has 2 heterocycles. The Morgan fingerprint density at radius 3 is 2.41 bits per heavy atom. The van der Waals surface area contributed by atoms with Gasteiger partial charge in [-0.15, -0.1) is 11.8 Å². The maximum Gasteiger partial charge on any atom is 0.338 e. The zero-order valence-electron chi connectivity index (χ0n) is 18.1. The average molecular weight is 467 g/mol. The monoisotopic (exact) mass is 466 g/mol. The van der Waals surface area contributed by atoms with E-state index in [4.69, 9.17) is 9.47 Å². The highest BCUT2D eigenvalue weighted by Crippen LogP contribution is 2.31. The first-order valence-corrected chi connectivity index (χ1v) is 11.9. The topological polar surface area (TPSA) is 69.9 Å². The van der Waals surface area contributed by atoms with E-state index in [1.807, 2.05) is 60.9 Å². The highest BCUT2D eigenvalue weighted by atomic mass is 32.2. The number of hydrogen-bond acceptors (Lipinski definition) is 7. The number of nitrogens with zero attached hydrogens (tertiary/aromatic N) is 2. The molecule has 1 atom stereocenters. The molecule has 4 rings (SSSR count). The molecule has 0 amide bonds. The molecule has 8 heteroatoms. The fourth-order valence-electron chi connectivity index (χ4n) is 3.65. The Labute approximate surface area is 193 Å². The molecule has 32 heavy (non-hydrogen) atoms. The number of rotatable bonds is 5. The smallest absolute Gasteiger partial charge is 0.338 e. The summed E-state index contributed by atoms with van der Waals surface area (Å²) in [5, 5.41) is 0. The predicted octanol–water partition coefficient (Wildman–Crippen LogP) is 3.14. The largest absolute Gasteiger partial charge is 0.497 e. The number of esters is 1. The number of carbonyl (C=O) groups excluding carboxylic acids is 1. The van der Waals surface area contributed by atoms with Gasteiger partial charge in [-0.25, -0.2) is 9.79 Å². The third kappa shape index (κ3) is 4.03. The Balaban J connectivity index is 1.92. The number of aromatic nitrogens is 1. The Morgan fingerprint density at radius 1 is 1.12 bits per heavy atom. The lowest BCUT2D eigenvalue weighted by molar-refractivity contribution is -0.136. The van der Waals surface area contributed by atoms with Crippen molar-refractivity contribution in [3.05, 3.63) is 90.6 Å². The number of thiazole rings is 1. The van der Waals surface area contributed by atoms with Gasteiger partial charge in [-0.05, 0) is 54.6 Å². The fourth-order valence-corrected chi connectivity index (χ4v) is 5.10. The summed E-state index contributed by atoms with van der Waals surface area (Å²) >= 11 is 2.93. The molecule has 1 unspecified atom stereocenters.